The molecule has 1 N–H and O–H groups in total. The summed E-state index contributed by atoms with van der Waals surface area (Å²) in [7, 11) is 0. The van der Waals surface area contributed by atoms with E-state index in [0.717, 1.165) is 26.1 Å². The molecule has 0 saturated heterocycles. The minimum Gasteiger partial charge on any atom is -0.462 e. The lowest BCUT2D eigenvalue weighted by molar-refractivity contribution is 0.0531. The molecule has 0 spiro atoms. The molecule has 2 aromatic heterocycles. The number of esters is 1. The van der Waals surface area contributed by atoms with E-state index in [1.54, 1.807) is 6.92 Å². The number of benzene rings is 1. The SMILES string of the molecule is CCOC(=O)c1sc(-c2cc3cc(C)cc(Br)c3[nH]2)nc1C. The number of thiazole rings is 1. The molecule has 2 heterocycles. The van der Waals surface area contributed by atoms with E-state index in [4.69, 9.17) is 4.74 Å². The summed E-state index contributed by atoms with van der Waals surface area (Å²) in [5, 5.41) is 1.91. The lowest BCUT2D eigenvalue weighted by Crippen LogP contribution is -2.03. The summed E-state index contributed by atoms with van der Waals surface area (Å²) in [6.45, 7) is 6.05. The Kier molecular flexibility index (Phi) is 4.06. The highest BCUT2D eigenvalue weighted by atomic mass is 79.9. The third-order valence-corrected chi connectivity index (χ3v) is 5.11. The van der Waals surface area contributed by atoms with Crippen LogP contribution in [0.5, 0.6) is 0 Å². The summed E-state index contributed by atoms with van der Waals surface area (Å²) in [6, 6.07) is 6.24. The lowest BCUT2D eigenvalue weighted by atomic mass is 10.2. The van der Waals surface area contributed by atoms with Crippen LogP contribution in [0.15, 0.2) is 22.7 Å². The lowest BCUT2D eigenvalue weighted by Gasteiger charge is -1.97. The highest BCUT2D eigenvalue weighted by Crippen LogP contribution is 2.33. The van der Waals surface area contributed by atoms with Crippen LogP contribution in [0.3, 0.4) is 0 Å². The van der Waals surface area contributed by atoms with Crippen molar-refractivity contribution in [3.05, 3.63) is 38.8 Å². The number of hydrogen-bond donors (Lipinski definition) is 1. The topological polar surface area (TPSA) is 55.0 Å². The number of hydrogen-bond acceptors (Lipinski definition) is 4. The second-order valence-electron chi connectivity index (χ2n) is 5.05. The summed E-state index contributed by atoms with van der Waals surface area (Å²) in [4.78, 5) is 20.3. The average Bonchev–Trinajstić information content (AvgIpc) is 3.02. The van der Waals surface area contributed by atoms with Crippen molar-refractivity contribution in [1.29, 1.82) is 0 Å². The first-order valence-corrected chi connectivity index (χ1v) is 8.54. The first kappa shape index (κ1) is 15.2. The van der Waals surface area contributed by atoms with Crippen LogP contribution >= 0.6 is 27.3 Å². The van der Waals surface area contributed by atoms with Gasteiger partial charge in [-0.2, -0.15) is 0 Å². The number of carbonyl (C=O) groups is 1. The Morgan fingerprint density at radius 1 is 1.36 bits per heavy atom. The van der Waals surface area contributed by atoms with Crippen molar-refractivity contribution in [2.75, 3.05) is 6.61 Å². The van der Waals surface area contributed by atoms with Crippen molar-refractivity contribution in [3.8, 4) is 10.7 Å². The number of aryl methyl sites for hydroxylation is 2. The van der Waals surface area contributed by atoms with Crippen LogP contribution in [0, 0.1) is 13.8 Å². The maximum atomic E-state index is 11.9. The first-order chi connectivity index (χ1) is 10.5. The smallest absolute Gasteiger partial charge is 0.350 e. The molecule has 114 valence electrons. The summed E-state index contributed by atoms with van der Waals surface area (Å²) in [5.41, 5.74) is 3.83. The number of aromatic amines is 1. The molecule has 0 bridgehead atoms. The van der Waals surface area contributed by atoms with Gasteiger partial charge in [0.25, 0.3) is 0 Å². The minimum atomic E-state index is -0.308. The zero-order valence-electron chi connectivity index (χ0n) is 12.5. The van der Waals surface area contributed by atoms with Crippen LogP contribution in [-0.4, -0.2) is 22.5 Å². The number of carbonyl (C=O) groups excluding carboxylic acids is 1. The minimum absolute atomic E-state index is 0.308. The van der Waals surface area contributed by atoms with E-state index in [2.05, 4.69) is 51.0 Å². The second kappa shape index (κ2) is 5.85. The van der Waals surface area contributed by atoms with Crippen LogP contribution in [0.2, 0.25) is 0 Å². The Morgan fingerprint density at radius 2 is 2.14 bits per heavy atom. The van der Waals surface area contributed by atoms with Gasteiger partial charge >= 0.3 is 5.97 Å². The molecule has 3 aromatic rings. The maximum absolute atomic E-state index is 11.9. The molecule has 0 amide bonds. The standard InChI is InChI=1S/C16H15BrN2O2S/c1-4-21-16(20)14-9(3)18-15(22-14)12-7-10-5-8(2)6-11(17)13(10)19-12/h5-7,19H,4H2,1-3H3. The molecule has 4 nitrogen and oxygen atoms in total. The molecule has 0 saturated carbocycles. The Labute approximate surface area is 140 Å². The number of ether oxygens (including phenoxy) is 1. The molecule has 0 fully saturated rings. The summed E-state index contributed by atoms with van der Waals surface area (Å²) < 4.78 is 6.09. The van der Waals surface area contributed by atoms with Gasteiger partial charge in [-0.3, -0.25) is 0 Å². The number of halogens is 1. The molecule has 0 atom stereocenters. The molecule has 3 rings (SSSR count). The van der Waals surface area contributed by atoms with Crippen molar-refractivity contribution >= 4 is 44.1 Å². The van der Waals surface area contributed by atoms with Crippen molar-refractivity contribution < 1.29 is 9.53 Å². The zero-order chi connectivity index (χ0) is 15.9. The molecule has 0 aliphatic heterocycles. The molecule has 0 aliphatic rings. The molecule has 1 aromatic carbocycles. The van der Waals surface area contributed by atoms with Crippen LogP contribution in [0.4, 0.5) is 0 Å². The number of H-pyrrole nitrogens is 1. The van der Waals surface area contributed by atoms with Crippen LogP contribution < -0.4 is 0 Å². The fraction of sp³-hybridized carbons (Fsp3) is 0.250. The number of rotatable bonds is 3. The first-order valence-electron chi connectivity index (χ1n) is 6.93. The van der Waals surface area contributed by atoms with Gasteiger partial charge in [0.15, 0.2) is 0 Å². The summed E-state index contributed by atoms with van der Waals surface area (Å²) in [5.74, 6) is -0.308. The highest BCUT2D eigenvalue weighted by molar-refractivity contribution is 9.10. The number of fused-ring (bicyclic) bond motifs is 1. The number of nitrogens with zero attached hydrogens (tertiary/aromatic N) is 1. The van der Waals surface area contributed by atoms with Gasteiger partial charge in [0, 0.05) is 9.86 Å². The van der Waals surface area contributed by atoms with E-state index in [1.807, 2.05) is 6.92 Å². The Bertz CT molecular complexity index is 867. The van der Waals surface area contributed by atoms with Gasteiger partial charge in [-0.25, -0.2) is 9.78 Å². The Morgan fingerprint density at radius 3 is 2.86 bits per heavy atom. The van der Waals surface area contributed by atoms with Crippen molar-refractivity contribution in [3.63, 3.8) is 0 Å². The molecule has 0 unspecified atom stereocenters. The van der Waals surface area contributed by atoms with Crippen LogP contribution in [0.25, 0.3) is 21.6 Å². The molecular weight excluding hydrogens is 364 g/mol. The highest BCUT2D eigenvalue weighted by Gasteiger charge is 2.18. The van der Waals surface area contributed by atoms with Crippen molar-refractivity contribution in [2.45, 2.75) is 20.8 Å². The normalized spacial score (nSPS) is 11.1. The molecule has 0 radical (unpaired) electrons. The van der Waals surface area contributed by atoms with E-state index in [1.165, 1.54) is 16.9 Å². The van der Waals surface area contributed by atoms with Crippen LogP contribution in [0.1, 0.15) is 27.9 Å². The second-order valence-corrected chi connectivity index (χ2v) is 6.90. The molecule has 0 aliphatic carbocycles. The van der Waals surface area contributed by atoms with E-state index in [0.29, 0.717) is 17.2 Å². The predicted molar refractivity (Wildman–Crippen MR) is 92.5 cm³/mol. The van der Waals surface area contributed by atoms with Gasteiger partial charge < -0.3 is 9.72 Å². The van der Waals surface area contributed by atoms with E-state index in [9.17, 15) is 4.79 Å². The molecule has 22 heavy (non-hydrogen) atoms. The third kappa shape index (κ3) is 2.68. The van der Waals surface area contributed by atoms with Gasteiger partial charge in [-0.15, -0.1) is 11.3 Å². The van der Waals surface area contributed by atoms with Gasteiger partial charge in [0.2, 0.25) is 0 Å². The third-order valence-electron chi connectivity index (χ3n) is 3.31. The summed E-state index contributed by atoms with van der Waals surface area (Å²) >= 11 is 4.93. The summed E-state index contributed by atoms with van der Waals surface area (Å²) in [6.07, 6.45) is 0. The van der Waals surface area contributed by atoms with E-state index >= 15 is 0 Å². The Balaban J connectivity index is 2.06. The van der Waals surface area contributed by atoms with Gasteiger partial charge in [0.05, 0.1) is 23.5 Å². The van der Waals surface area contributed by atoms with Crippen molar-refractivity contribution in [1.82, 2.24) is 9.97 Å². The van der Waals surface area contributed by atoms with E-state index < -0.39 is 0 Å². The predicted octanol–water partition coefficient (Wildman–Crippen LogP) is 4.85. The van der Waals surface area contributed by atoms with Crippen LogP contribution in [-0.2, 0) is 4.74 Å². The molecular formula is C16H15BrN2O2S. The van der Waals surface area contributed by atoms with Gasteiger partial charge in [-0.05, 0) is 60.5 Å². The number of aromatic nitrogens is 2. The zero-order valence-corrected chi connectivity index (χ0v) is 14.9. The largest absolute Gasteiger partial charge is 0.462 e. The van der Waals surface area contributed by atoms with E-state index in [-0.39, 0.29) is 5.97 Å². The average molecular weight is 379 g/mol. The Hall–Kier alpha value is -1.66. The van der Waals surface area contributed by atoms with Gasteiger partial charge in [0.1, 0.15) is 9.88 Å². The monoisotopic (exact) mass is 378 g/mol. The maximum Gasteiger partial charge on any atom is 0.350 e. The quantitative estimate of drug-likeness (QED) is 0.662. The fourth-order valence-corrected chi connectivity index (χ4v) is 3.97. The van der Waals surface area contributed by atoms with Crippen molar-refractivity contribution in [2.24, 2.45) is 0 Å². The van der Waals surface area contributed by atoms with Gasteiger partial charge in [-0.1, -0.05) is 0 Å². The fourth-order valence-electron chi connectivity index (χ4n) is 2.35. The molecule has 6 heteroatoms. The number of nitrogens with one attached hydrogen (secondary N) is 1.